The van der Waals surface area contributed by atoms with Gasteiger partial charge < -0.3 is 5.32 Å². The van der Waals surface area contributed by atoms with Crippen LogP contribution in [0.15, 0.2) is 29.4 Å². The Hall–Kier alpha value is -0.980. The minimum Gasteiger partial charge on any atom is -0.319 e. The SMILES string of the molecule is CNCC(C)(C)CNS(=O)(=O)c1ccccn1. The first-order valence-corrected chi connectivity index (χ1v) is 6.91. The third-order valence-electron chi connectivity index (χ3n) is 2.31. The molecule has 0 radical (unpaired) electrons. The van der Waals surface area contributed by atoms with Crippen LogP contribution in [0, 0.1) is 5.41 Å². The van der Waals surface area contributed by atoms with Crippen molar-refractivity contribution in [2.45, 2.75) is 18.9 Å². The fourth-order valence-electron chi connectivity index (χ4n) is 1.41. The number of hydrogen-bond donors (Lipinski definition) is 2. The summed E-state index contributed by atoms with van der Waals surface area (Å²) in [5.74, 6) is 0. The molecule has 1 aromatic rings. The molecular formula is C11H19N3O2S. The maximum Gasteiger partial charge on any atom is 0.258 e. The number of nitrogens with one attached hydrogen (secondary N) is 2. The van der Waals surface area contributed by atoms with Gasteiger partial charge in [0.2, 0.25) is 0 Å². The first-order chi connectivity index (χ1) is 7.87. The predicted molar refractivity (Wildman–Crippen MR) is 67.1 cm³/mol. The highest BCUT2D eigenvalue weighted by Crippen LogP contribution is 2.13. The smallest absolute Gasteiger partial charge is 0.258 e. The summed E-state index contributed by atoms with van der Waals surface area (Å²) in [5.41, 5.74) is -0.142. The van der Waals surface area contributed by atoms with E-state index in [2.05, 4.69) is 15.0 Å². The standard InChI is InChI=1S/C11H19N3O2S/c1-11(2,8-12-3)9-14-17(15,16)10-6-4-5-7-13-10/h4-7,12,14H,8-9H2,1-3H3. The largest absolute Gasteiger partial charge is 0.319 e. The Balaban J connectivity index is 2.69. The van der Waals surface area contributed by atoms with Crippen LogP contribution >= 0.6 is 0 Å². The lowest BCUT2D eigenvalue weighted by Crippen LogP contribution is -2.39. The molecule has 2 N–H and O–H groups in total. The van der Waals surface area contributed by atoms with Gasteiger partial charge in [0.15, 0.2) is 5.03 Å². The molecule has 0 saturated carbocycles. The van der Waals surface area contributed by atoms with E-state index in [1.807, 2.05) is 20.9 Å². The lowest BCUT2D eigenvalue weighted by Gasteiger charge is -2.24. The fourth-order valence-corrected chi connectivity index (χ4v) is 2.60. The van der Waals surface area contributed by atoms with E-state index in [0.717, 1.165) is 6.54 Å². The predicted octanol–water partition coefficient (Wildman–Crippen LogP) is 0.605. The summed E-state index contributed by atoms with van der Waals surface area (Å²) in [6, 6.07) is 4.82. The van der Waals surface area contributed by atoms with E-state index in [1.165, 1.54) is 12.3 Å². The zero-order chi connectivity index (χ0) is 12.9. The van der Waals surface area contributed by atoms with Gasteiger partial charge in [0.1, 0.15) is 0 Å². The summed E-state index contributed by atoms with van der Waals surface area (Å²) < 4.78 is 26.3. The van der Waals surface area contributed by atoms with E-state index >= 15 is 0 Å². The highest BCUT2D eigenvalue weighted by molar-refractivity contribution is 7.89. The average Bonchev–Trinajstić information content (AvgIpc) is 2.28. The summed E-state index contributed by atoms with van der Waals surface area (Å²) in [7, 11) is -1.66. The van der Waals surface area contributed by atoms with Crippen LogP contribution in [0.5, 0.6) is 0 Å². The van der Waals surface area contributed by atoms with Gasteiger partial charge in [0.05, 0.1) is 0 Å². The van der Waals surface area contributed by atoms with E-state index < -0.39 is 10.0 Å². The van der Waals surface area contributed by atoms with Gasteiger partial charge in [-0.05, 0) is 24.6 Å². The fraction of sp³-hybridized carbons (Fsp3) is 0.545. The maximum atomic E-state index is 11.9. The molecule has 1 aromatic heterocycles. The van der Waals surface area contributed by atoms with Crippen LogP contribution < -0.4 is 10.0 Å². The van der Waals surface area contributed by atoms with Crippen LogP contribution in [0.2, 0.25) is 0 Å². The molecule has 0 atom stereocenters. The van der Waals surface area contributed by atoms with Crippen LogP contribution in [-0.4, -0.2) is 33.5 Å². The highest BCUT2D eigenvalue weighted by Gasteiger charge is 2.22. The zero-order valence-corrected chi connectivity index (χ0v) is 11.2. The van der Waals surface area contributed by atoms with Gasteiger partial charge in [0.25, 0.3) is 10.0 Å². The number of nitrogens with zero attached hydrogens (tertiary/aromatic N) is 1. The van der Waals surface area contributed by atoms with Crippen LogP contribution in [-0.2, 0) is 10.0 Å². The quantitative estimate of drug-likeness (QED) is 0.783. The Bertz CT molecular complexity index is 443. The van der Waals surface area contributed by atoms with Crippen LogP contribution in [0.25, 0.3) is 0 Å². The molecule has 0 aromatic carbocycles. The monoisotopic (exact) mass is 257 g/mol. The Morgan fingerprint density at radius 3 is 2.53 bits per heavy atom. The van der Waals surface area contributed by atoms with E-state index in [-0.39, 0.29) is 10.4 Å². The van der Waals surface area contributed by atoms with Gasteiger partial charge in [-0.25, -0.2) is 18.1 Å². The minimum atomic E-state index is -3.50. The van der Waals surface area contributed by atoms with Crippen molar-refractivity contribution < 1.29 is 8.42 Å². The second kappa shape index (κ2) is 5.57. The Morgan fingerprint density at radius 1 is 1.29 bits per heavy atom. The second-order valence-electron chi connectivity index (χ2n) is 4.69. The first kappa shape index (κ1) is 14.1. The molecular weight excluding hydrogens is 238 g/mol. The van der Waals surface area contributed by atoms with Crippen molar-refractivity contribution in [1.29, 1.82) is 0 Å². The van der Waals surface area contributed by atoms with Crippen LogP contribution in [0.4, 0.5) is 0 Å². The molecule has 1 heterocycles. The molecule has 5 nitrogen and oxygen atoms in total. The molecule has 0 amide bonds. The number of rotatable bonds is 6. The van der Waals surface area contributed by atoms with E-state index in [0.29, 0.717) is 6.54 Å². The summed E-state index contributed by atoms with van der Waals surface area (Å²) in [4.78, 5) is 3.83. The molecule has 17 heavy (non-hydrogen) atoms. The Kier molecular flexibility index (Phi) is 4.62. The van der Waals surface area contributed by atoms with Crippen molar-refractivity contribution in [2.24, 2.45) is 5.41 Å². The third kappa shape index (κ3) is 4.41. The van der Waals surface area contributed by atoms with Crippen molar-refractivity contribution in [1.82, 2.24) is 15.0 Å². The van der Waals surface area contributed by atoms with Gasteiger partial charge in [0, 0.05) is 19.3 Å². The van der Waals surface area contributed by atoms with Gasteiger partial charge in [-0.15, -0.1) is 0 Å². The topological polar surface area (TPSA) is 71.1 Å². The molecule has 0 aliphatic carbocycles. The van der Waals surface area contributed by atoms with Crippen LogP contribution in [0.1, 0.15) is 13.8 Å². The van der Waals surface area contributed by atoms with Crippen molar-refractivity contribution in [3.05, 3.63) is 24.4 Å². The van der Waals surface area contributed by atoms with Crippen molar-refractivity contribution in [2.75, 3.05) is 20.1 Å². The summed E-state index contributed by atoms with van der Waals surface area (Å²) in [6.07, 6.45) is 1.47. The molecule has 0 saturated heterocycles. The lowest BCUT2D eigenvalue weighted by molar-refractivity contribution is 0.350. The number of aromatic nitrogens is 1. The van der Waals surface area contributed by atoms with E-state index in [9.17, 15) is 8.42 Å². The molecule has 6 heteroatoms. The maximum absolute atomic E-state index is 11.9. The molecule has 0 aliphatic heterocycles. The summed E-state index contributed by atoms with van der Waals surface area (Å²) in [6.45, 7) is 5.08. The van der Waals surface area contributed by atoms with E-state index in [1.54, 1.807) is 12.1 Å². The molecule has 0 unspecified atom stereocenters. The van der Waals surface area contributed by atoms with Crippen molar-refractivity contribution >= 4 is 10.0 Å². The normalized spacial score (nSPS) is 12.6. The Labute approximate surface area is 103 Å². The van der Waals surface area contributed by atoms with Gasteiger partial charge >= 0.3 is 0 Å². The van der Waals surface area contributed by atoms with Crippen molar-refractivity contribution in [3.63, 3.8) is 0 Å². The van der Waals surface area contributed by atoms with Gasteiger partial charge in [-0.3, -0.25) is 0 Å². The highest BCUT2D eigenvalue weighted by atomic mass is 32.2. The van der Waals surface area contributed by atoms with E-state index in [4.69, 9.17) is 0 Å². The molecule has 0 aliphatic rings. The van der Waals surface area contributed by atoms with Gasteiger partial charge in [-0.2, -0.15) is 0 Å². The average molecular weight is 257 g/mol. The number of sulfonamides is 1. The number of pyridine rings is 1. The lowest BCUT2D eigenvalue weighted by atomic mass is 9.94. The Morgan fingerprint density at radius 2 is 2.00 bits per heavy atom. The summed E-state index contributed by atoms with van der Waals surface area (Å²) >= 11 is 0. The second-order valence-corrected chi connectivity index (χ2v) is 6.40. The molecule has 0 spiro atoms. The zero-order valence-electron chi connectivity index (χ0n) is 10.4. The molecule has 1 rings (SSSR count). The van der Waals surface area contributed by atoms with Crippen LogP contribution in [0.3, 0.4) is 0 Å². The molecule has 96 valence electrons. The van der Waals surface area contributed by atoms with Gasteiger partial charge in [-0.1, -0.05) is 19.9 Å². The summed E-state index contributed by atoms with van der Waals surface area (Å²) in [5, 5.41) is 3.09. The molecule has 0 bridgehead atoms. The molecule has 0 fully saturated rings. The first-order valence-electron chi connectivity index (χ1n) is 5.43. The third-order valence-corrected chi connectivity index (χ3v) is 3.63. The van der Waals surface area contributed by atoms with Crippen molar-refractivity contribution in [3.8, 4) is 0 Å². The number of hydrogen-bond acceptors (Lipinski definition) is 4. The minimum absolute atomic E-state index is 0.0558.